The molecule has 0 saturated carbocycles. The van der Waals surface area contributed by atoms with E-state index in [-0.39, 0.29) is 0 Å². The van der Waals surface area contributed by atoms with Crippen LogP contribution in [0.5, 0.6) is 0 Å². The van der Waals surface area contributed by atoms with Gasteiger partial charge in [0.25, 0.3) is 0 Å². The highest BCUT2D eigenvalue weighted by Gasteiger charge is 2.41. The van der Waals surface area contributed by atoms with Crippen LogP contribution in [-0.4, -0.2) is 12.2 Å². The predicted molar refractivity (Wildman–Crippen MR) is 50.1 cm³/mol. The van der Waals surface area contributed by atoms with Crippen LogP contribution < -0.4 is 0 Å². The summed E-state index contributed by atoms with van der Waals surface area (Å²) in [5.74, 6) is 0.865. The largest absolute Gasteiger partial charge is 0.375 e. The van der Waals surface area contributed by atoms with Crippen LogP contribution in [0.3, 0.4) is 0 Å². The van der Waals surface area contributed by atoms with Crippen molar-refractivity contribution in [3.63, 3.8) is 0 Å². The molecule has 70 valence electrons. The molecule has 0 amide bonds. The summed E-state index contributed by atoms with van der Waals surface area (Å²) in [6, 6.07) is 0. The molecular formula is C11H20O. The Balaban J connectivity index is 1.91. The van der Waals surface area contributed by atoms with Gasteiger partial charge in [-0.25, -0.2) is 0 Å². The van der Waals surface area contributed by atoms with E-state index in [2.05, 4.69) is 20.8 Å². The molecule has 0 spiro atoms. The van der Waals surface area contributed by atoms with Gasteiger partial charge < -0.3 is 4.74 Å². The van der Waals surface area contributed by atoms with Crippen LogP contribution in [0.25, 0.3) is 0 Å². The Bertz CT molecular complexity index is 168. The van der Waals surface area contributed by atoms with E-state index in [1.165, 1.54) is 25.7 Å². The van der Waals surface area contributed by atoms with Crippen LogP contribution in [-0.2, 0) is 4.74 Å². The van der Waals surface area contributed by atoms with Crippen molar-refractivity contribution in [1.29, 1.82) is 0 Å². The average molecular weight is 168 g/mol. The van der Waals surface area contributed by atoms with Crippen LogP contribution >= 0.6 is 0 Å². The second kappa shape index (κ2) is 2.73. The van der Waals surface area contributed by atoms with Gasteiger partial charge in [-0.15, -0.1) is 0 Å². The van der Waals surface area contributed by atoms with E-state index in [0.29, 0.717) is 17.6 Å². The molecule has 2 aliphatic heterocycles. The summed E-state index contributed by atoms with van der Waals surface area (Å²) in [6.07, 6.45) is 6.57. The molecule has 0 aliphatic carbocycles. The standard InChI is InChI=1S/C11H20O/c1-11(2,3)7-8-6-9-4-5-10(8)12-9/h8-10H,4-7H2,1-3H3/t8-,9-,10+/m1/s1. The topological polar surface area (TPSA) is 9.23 Å². The van der Waals surface area contributed by atoms with E-state index < -0.39 is 0 Å². The lowest BCUT2D eigenvalue weighted by molar-refractivity contribution is 0.0849. The summed E-state index contributed by atoms with van der Waals surface area (Å²) in [5, 5.41) is 0. The van der Waals surface area contributed by atoms with Crippen molar-refractivity contribution < 1.29 is 4.74 Å². The van der Waals surface area contributed by atoms with Gasteiger partial charge in [0.05, 0.1) is 12.2 Å². The van der Waals surface area contributed by atoms with Gasteiger partial charge in [-0.05, 0) is 37.0 Å². The minimum absolute atomic E-state index is 0.485. The highest BCUT2D eigenvalue weighted by molar-refractivity contribution is 4.90. The smallest absolute Gasteiger partial charge is 0.0609 e. The molecule has 2 fully saturated rings. The number of rotatable bonds is 1. The van der Waals surface area contributed by atoms with Crippen molar-refractivity contribution >= 4 is 0 Å². The Morgan fingerprint density at radius 1 is 1.25 bits per heavy atom. The van der Waals surface area contributed by atoms with Crippen LogP contribution in [0.15, 0.2) is 0 Å². The molecule has 3 atom stereocenters. The molecule has 2 aliphatic rings. The van der Waals surface area contributed by atoms with Gasteiger partial charge in [0.1, 0.15) is 0 Å². The molecule has 0 radical (unpaired) electrons. The molecule has 0 N–H and O–H groups in total. The number of ether oxygens (including phenoxy) is 1. The molecule has 12 heavy (non-hydrogen) atoms. The van der Waals surface area contributed by atoms with E-state index in [0.717, 1.165) is 5.92 Å². The van der Waals surface area contributed by atoms with Crippen molar-refractivity contribution in [2.45, 2.75) is 58.7 Å². The molecular weight excluding hydrogens is 148 g/mol. The molecule has 0 aromatic rings. The van der Waals surface area contributed by atoms with Crippen molar-refractivity contribution in [3.05, 3.63) is 0 Å². The van der Waals surface area contributed by atoms with E-state index in [1.807, 2.05) is 0 Å². The Morgan fingerprint density at radius 3 is 2.42 bits per heavy atom. The highest BCUT2D eigenvalue weighted by atomic mass is 16.5. The predicted octanol–water partition coefficient (Wildman–Crippen LogP) is 2.99. The molecule has 0 unspecified atom stereocenters. The van der Waals surface area contributed by atoms with Gasteiger partial charge >= 0.3 is 0 Å². The van der Waals surface area contributed by atoms with Crippen LogP contribution in [0.4, 0.5) is 0 Å². The molecule has 1 heteroatoms. The van der Waals surface area contributed by atoms with E-state index >= 15 is 0 Å². The van der Waals surface area contributed by atoms with Crippen molar-refractivity contribution in [1.82, 2.24) is 0 Å². The lowest BCUT2D eigenvalue weighted by atomic mass is 9.78. The van der Waals surface area contributed by atoms with Gasteiger partial charge in [-0.1, -0.05) is 20.8 Å². The van der Waals surface area contributed by atoms with E-state index in [1.54, 1.807) is 0 Å². The van der Waals surface area contributed by atoms with Crippen molar-refractivity contribution in [2.24, 2.45) is 11.3 Å². The quantitative estimate of drug-likeness (QED) is 0.585. The zero-order valence-electron chi connectivity index (χ0n) is 8.47. The van der Waals surface area contributed by atoms with Gasteiger partial charge in [-0.2, -0.15) is 0 Å². The molecule has 0 aromatic carbocycles. The van der Waals surface area contributed by atoms with Crippen molar-refractivity contribution in [2.75, 3.05) is 0 Å². The Labute approximate surface area is 75.5 Å². The maximum atomic E-state index is 5.83. The minimum atomic E-state index is 0.485. The maximum Gasteiger partial charge on any atom is 0.0609 e. The first-order chi connectivity index (χ1) is 5.54. The molecule has 2 heterocycles. The summed E-state index contributed by atoms with van der Waals surface area (Å²) < 4.78 is 5.83. The zero-order valence-corrected chi connectivity index (χ0v) is 8.47. The normalized spacial score (nSPS) is 40.8. The maximum absolute atomic E-state index is 5.83. The molecule has 1 nitrogen and oxygen atoms in total. The number of hydrogen-bond acceptors (Lipinski definition) is 1. The zero-order chi connectivity index (χ0) is 8.77. The lowest BCUT2D eigenvalue weighted by Gasteiger charge is -2.26. The SMILES string of the molecule is CC(C)(C)C[C@H]1C[C@H]2CC[C@@H]1O2. The molecule has 2 rings (SSSR count). The highest BCUT2D eigenvalue weighted by Crippen LogP contribution is 2.43. The molecule has 0 aromatic heterocycles. The van der Waals surface area contributed by atoms with Crippen LogP contribution in [0.2, 0.25) is 0 Å². The third-order valence-corrected chi connectivity index (χ3v) is 3.11. The first-order valence-electron chi connectivity index (χ1n) is 5.20. The second-order valence-corrected chi connectivity index (χ2v) is 5.63. The molecule has 2 bridgehead atoms. The fourth-order valence-corrected chi connectivity index (χ4v) is 2.74. The first-order valence-corrected chi connectivity index (χ1v) is 5.20. The van der Waals surface area contributed by atoms with Gasteiger partial charge in [0.15, 0.2) is 0 Å². The minimum Gasteiger partial charge on any atom is -0.375 e. The fraction of sp³-hybridized carbons (Fsp3) is 1.00. The average Bonchev–Trinajstić information content (AvgIpc) is 2.42. The summed E-state index contributed by atoms with van der Waals surface area (Å²) in [4.78, 5) is 0. The number of fused-ring (bicyclic) bond motifs is 2. The monoisotopic (exact) mass is 168 g/mol. The summed E-state index contributed by atoms with van der Waals surface area (Å²) in [7, 11) is 0. The third kappa shape index (κ3) is 1.66. The Kier molecular flexibility index (Phi) is 1.95. The van der Waals surface area contributed by atoms with E-state index in [4.69, 9.17) is 4.74 Å². The fourth-order valence-electron chi connectivity index (χ4n) is 2.74. The first kappa shape index (κ1) is 8.55. The van der Waals surface area contributed by atoms with Gasteiger partial charge in [0, 0.05) is 0 Å². The van der Waals surface area contributed by atoms with Gasteiger partial charge in [0.2, 0.25) is 0 Å². The van der Waals surface area contributed by atoms with Crippen LogP contribution in [0.1, 0.15) is 46.5 Å². The van der Waals surface area contributed by atoms with Crippen molar-refractivity contribution in [3.8, 4) is 0 Å². The van der Waals surface area contributed by atoms with E-state index in [9.17, 15) is 0 Å². The summed E-state index contributed by atoms with van der Waals surface area (Å²) in [5.41, 5.74) is 0.485. The Hall–Kier alpha value is -0.0400. The van der Waals surface area contributed by atoms with Gasteiger partial charge in [-0.3, -0.25) is 0 Å². The lowest BCUT2D eigenvalue weighted by Crippen LogP contribution is -2.22. The second-order valence-electron chi connectivity index (χ2n) is 5.63. The number of hydrogen-bond donors (Lipinski definition) is 0. The third-order valence-electron chi connectivity index (χ3n) is 3.11. The van der Waals surface area contributed by atoms with Crippen LogP contribution in [0, 0.1) is 11.3 Å². The Morgan fingerprint density at radius 2 is 2.00 bits per heavy atom. The summed E-state index contributed by atoms with van der Waals surface area (Å²) in [6.45, 7) is 7.00. The molecule has 2 saturated heterocycles. The summed E-state index contributed by atoms with van der Waals surface area (Å²) >= 11 is 0.